The lowest BCUT2D eigenvalue weighted by Gasteiger charge is -2.37. The molecular weight excluding hydrogens is 410 g/mol. The highest BCUT2D eigenvalue weighted by atomic mass is 32.2. The molecule has 31 heavy (non-hydrogen) atoms. The fourth-order valence-electron chi connectivity index (χ4n) is 3.94. The maximum Gasteiger partial charge on any atom is 0.344 e. The fraction of sp³-hybridized carbons (Fsp3) is 0.520. The van der Waals surface area contributed by atoms with Crippen LogP contribution in [0.4, 0.5) is 0 Å². The van der Waals surface area contributed by atoms with Crippen molar-refractivity contribution in [2.75, 3.05) is 0 Å². The van der Waals surface area contributed by atoms with Crippen LogP contribution in [-0.2, 0) is 4.79 Å². The van der Waals surface area contributed by atoms with Crippen molar-refractivity contribution in [1.82, 2.24) is 4.90 Å². The van der Waals surface area contributed by atoms with Crippen molar-refractivity contribution in [2.24, 2.45) is 5.41 Å². The fourth-order valence-corrected chi connectivity index (χ4v) is 5.00. The molecule has 1 fully saturated rings. The van der Waals surface area contributed by atoms with E-state index in [0.717, 1.165) is 5.56 Å². The van der Waals surface area contributed by atoms with Crippen molar-refractivity contribution in [3.8, 4) is 11.8 Å². The van der Waals surface area contributed by atoms with Gasteiger partial charge in [0.05, 0.1) is 11.4 Å². The number of carbonyl (C=O) groups excluding carboxylic acids is 1. The maximum atomic E-state index is 13.6. The number of hydrogen-bond donors (Lipinski definition) is 2. The molecule has 0 spiro atoms. The number of carboxylic acids is 1. The first-order valence-corrected chi connectivity index (χ1v) is 11.7. The number of aliphatic hydroxyl groups excluding tert-OH is 1. The Morgan fingerprint density at radius 2 is 1.71 bits per heavy atom. The van der Waals surface area contributed by atoms with Gasteiger partial charge in [-0.3, -0.25) is 4.79 Å². The van der Waals surface area contributed by atoms with Crippen LogP contribution in [0.1, 0.15) is 68.8 Å². The van der Waals surface area contributed by atoms with E-state index in [1.807, 2.05) is 39.8 Å². The Morgan fingerprint density at radius 3 is 2.26 bits per heavy atom. The smallest absolute Gasteiger partial charge is 0.344 e. The predicted molar refractivity (Wildman–Crippen MR) is 124 cm³/mol. The maximum absolute atomic E-state index is 13.6. The minimum Gasteiger partial charge on any atom is -0.477 e. The third-order valence-corrected chi connectivity index (χ3v) is 6.76. The third kappa shape index (κ3) is 5.93. The molecule has 2 N–H and O–H groups in total. The van der Waals surface area contributed by atoms with Crippen molar-refractivity contribution >= 4 is 23.6 Å². The topological polar surface area (TPSA) is 77.8 Å². The molecular formula is C25H31NO4S. The van der Waals surface area contributed by atoms with E-state index in [-0.39, 0.29) is 33.6 Å². The molecule has 1 aromatic rings. The molecule has 0 bridgehead atoms. The first-order chi connectivity index (χ1) is 14.5. The molecule has 1 amide bonds. The molecule has 1 aliphatic carbocycles. The lowest BCUT2D eigenvalue weighted by Crippen LogP contribution is -2.43. The summed E-state index contributed by atoms with van der Waals surface area (Å²) in [6.07, 6.45) is 2.59. The monoisotopic (exact) mass is 441 g/mol. The van der Waals surface area contributed by atoms with E-state index in [0.29, 0.717) is 43.4 Å². The van der Waals surface area contributed by atoms with Gasteiger partial charge in [-0.15, -0.1) is 0 Å². The van der Waals surface area contributed by atoms with Crippen LogP contribution in [0.5, 0.6) is 0 Å². The molecule has 3 rings (SSSR count). The minimum absolute atomic E-state index is 0.128. The first kappa shape index (κ1) is 23.4. The zero-order valence-corrected chi connectivity index (χ0v) is 19.5. The van der Waals surface area contributed by atoms with Gasteiger partial charge in [-0.2, -0.15) is 0 Å². The number of aliphatic hydroxyl groups is 1. The minimum atomic E-state index is -1.02. The lowest BCUT2D eigenvalue weighted by atomic mass is 9.90. The van der Waals surface area contributed by atoms with Crippen LogP contribution in [-0.4, -0.2) is 44.4 Å². The lowest BCUT2D eigenvalue weighted by molar-refractivity contribution is -0.131. The van der Waals surface area contributed by atoms with Gasteiger partial charge in [-0.05, 0) is 65.5 Å². The molecule has 1 unspecified atom stereocenters. The number of nitrogens with zero attached hydrogens (tertiary/aromatic N) is 1. The van der Waals surface area contributed by atoms with E-state index in [2.05, 4.69) is 11.8 Å². The molecule has 1 atom stereocenters. The second-order valence-electron chi connectivity index (χ2n) is 9.41. The van der Waals surface area contributed by atoms with Crippen LogP contribution >= 0.6 is 11.8 Å². The van der Waals surface area contributed by atoms with Crippen molar-refractivity contribution in [3.63, 3.8) is 0 Å². The van der Waals surface area contributed by atoms with Gasteiger partial charge in [0.25, 0.3) is 5.91 Å². The number of aliphatic carboxylic acids is 1. The molecule has 166 valence electrons. The summed E-state index contributed by atoms with van der Waals surface area (Å²) in [7, 11) is 0. The van der Waals surface area contributed by atoms with Gasteiger partial charge in [0, 0.05) is 29.1 Å². The SMILES string of the molecule is Cc1ccc(C(=O)N(C2=C(C(=O)O)SC(C#CC(C)(C)C)C2)C2CCC(O)CC2)cc1. The molecule has 6 heteroatoms. The summed E-state index contributed by atoms with van der Waals surface area (Å²) in [5, 5.41) is 19.7. The highest BCUT2D eigenvalue weighted by Gasteiger charge is 2.38. The van der Waals surface area contributed by atoms with Crippen LogP contribution in [0.3, 0.4) is 0 Å². The van der Waals surface area contributed by atoms with Gasteiger partial charge >= 0.3 is 5.97 Å². The Labute approximate surface area is 188 Å². The Bertz CT molecular complexity index is 925. The zero-order chi connectivity index (χ0) is 22.8. The van der Waals surface area contributed by atoms with Crippen molar-refractivity contribution < 1.29 is 19.8 Å². The van der Waals surface area contributed by atoms with Gasteiger partial charge in [0.15, 0.2) is 0 Å². The van der Waals surface area contributed by atoms with Crippen molar-refractivity contribution in [3.05, 3.63) is 46.0 Å². The normalized spacial score (nSPS) is 23.8. The number of aryl methyl sites for hydroxylation is 1. The average Bonchev–Trinajstić information content (AvgIpc) is 3.12. The highest BCUT2D eigenvalue weighted by Crippen LogP contribution is 2.42. The summed E-state index contributed by atoms with van der Waals surface area (Å²) in [6, 6.07) is 7.24. The van der Waals surface area contributed by atoms with Gasteiger partial charge < -0.3 is 15.1 Å². The number of rotatable bonds is 4. The second-order valence-corrected chi connectivity index (χ2v) is 10.6. The first-order valence-electron chi connectivity index (χ1n) is 10.8. The Kier molecular flexibility index (Phi) is 7.18. The number of thioether (sulfide) groups is 1. The largest absolute Gasteiger partial charge is 0.477 e. The summed E-state index contributed by atoms with van der Waals surface area (Å²) < 4.78 is 0. The molecule has 1 saturated carbocycles. The van der Waals surface area contributed by atoms with Crippen LogP contribution in [0.15, 0.2) is 34.9 Å². The molecule has 1 aliphatic heterocycles. The standard InChI is InChI=1S/C25H31NO4S/c1-16-5-7-17(8-6-16)23(28)26(18-9-11-19(27)12-10-18)21-15-20(13-14-25(2,3)4)31-22(21)24(29)30/h5-8,18-20,27H,9-12,15H2,1-4H3,(H,29,30). The summed E-state index contributed by atoms with van der Waals surface area (Å²) in [6.45, 7) is 8.03. The molecule has 1 heterocycles. The Morgan fingerprint density at radius 1 is 1.10 bits per heavy atom. The van der Waals surface area contributed by atoms with E-state index < -0.39 is 5.97 Å². The molecule has 1 aromatic carbocycles. The number of hydrogen-bond acceptors (Lipinski definition) is 4. The molecule has 2 aliphatic rings. The van der Waals surface area contributed by atoms with Gasteiger partial charge in [-0.1, -0.05) is 41.3 Å². The van der Waals surface area contributed by atoms with Gasteiger partial charge in [-0.25, -0.2) is 4.79 Å². The highest BCUT2D eigenvalue weighted by molar-refractivity contribution is 8.05. The van der Waals surface area contributed by atoms with Crippen molar-refractivity contribution in [1.29, 1.82) is 0 Å². The second kappa shape index (κ2) is 9.50. The number of carbonyl (C=O) groups is 2. The summed E-state index contributed by atoms with van der Waals surface area (Å²) in [5.41, 5.74) is 1.98. The number of carboxylic acid groups (broad SMARTS) is 1. The van der Waals surface area contributed by atoms with E-state index in [1.165, 1.54) is 11.8 Å². The van der Waals surface area contributed by atoms with Gasteiger partial charge in [0.1, 0.15) is 4.91 Å². The summed E-state index contributed by atoms with van der Waals surface area (Å²) in [4.78, 5) is 27.6. The van der Waals surface area contributed by atoms with E-state index in [9.17, 15) is 19.8 Å². The number of benzene rings is 1. The Balaban J connectivity index is 1.98. The average molecular weight is 442 g/mol. The van der Waals surface area contributed by atoms with E-state index >= 15 is 0 Å². The number of amides is 1. The summed E-state index contributed by atoms with van der Waals surface area (Å²) >= 11 is 1.24. The third-order valence-electron chi connectivity index (χ3n) is 5.54. The van der Waals surface area contributed by atoms with Crippen LogP contribution in [0, 0.1) is 24.2 Å². The van der Waals surface area contributed by atoms with Crippen LogP contribution in [0.2, 0.25) is 0 Å². The van der Waals surface area contributed by atoms with Crippen LogP contribution < -0.4 is 0 Å². The summed E-state index contributed by atoms with van der Waals surface area (Å²) in [5.74, 6) is 5.23. The van der Waals surface area contributed by atoms with Crippen LogP contribution in [0.25, 0.3) is 0 Å². The quantitative estimate of drug-likeness (QED) is 0.668. The van der Waals surface area contributed by atoms with E-state index in [4.69, 9.17) is 0 Å². The van der Waals surface area contributed by atoms with Crippen molar-refractivity contribution in [2.45, 2.75) is 77.2 Å². The number of allylic oxidation sites excluding steroid dienone is 1. The van der Waals surface area contributed by atoms with Gasteiger partial charge in [0.2, 0.25) is 0 Å². The molecule has 5 nitrogen and oxygen atoms in total. The van der Waals surface area contributed by atoms with E-state index in [1.54, 1.807) is 17.0 Å². The molecule has 0 radical (unpaired) electrons. The predicted octanol–water partition coefficient (Wildman–Crippen LogP) is 4.59. The molecule has 0 aromatic heterocycles. The Hall–Kier alpha value is -2.23. The zero-order valence-electron chi connectivity index (χ0n) is 18.6. The molecule has 0 saturated heterocycles.